The molecule has 0 unspecified atom stereocenters. The van der Waals surface area contributed by atoms with Gasteiger partial charge in [0.25, 0.3) is 0 Å². The molecule has 0 atom stereocenters. The SMILES string of the molecule is Cc1nc(Cl)c(Br)cc1C(F)(F)F. The Morgan fingerprint density at radius 1 is 1.46 bits per heavy atom. The van der Waals surface area contributed by atoms with Gasteiger partial charge in [-0.25, -0.2) is 4.98 Å². The summed E-state index contributed by atoms with van der Waals surface area (Å²) in [5.74, 6) is 0. The first kappa shape index (κ1) is 10.8. The zero-order valence-corrected chi connectivity index (χ0v) is 8.76. The van der Waals surface area contributed by atoms with Crippen LogP contribution in [0, 0.1) is 6.92 Å². The van der Waals surface area contributed by atoms with Crippen molar-refractivity contribution in [1.82, 2.24) is 4.98 Å². The van der Waals surface area contributed by atoms with Gasteiger partial charge in [0.2, 0.25) is 0 Å². The second-order valence-corrected chi connectivity index (χ2v) is 3.60. The molecule has 0 saturated carbocycles. The van der Waals surface area contributed by atoms with Crippen LogP contribution < -0.4 is 0 Å². The Morgan fingerprint density at radius 3 is 2.46 bits per heavy atom. The molecular weight excluding hydrogens is 270 g/mol. The highest BCUT2D eigenvalue weighted by atomic mass is 79.9. The predicted molar refractivity (Wildman–Crippen MR) is 46.7 cm³/mol. The van der Waals surface area contributed by atoms with Gasteiger partial charge in [-0.15, -0.1) is 0 Å². The van der Waals surface area contributed by atoms with E-state index in [0.29, 0.717) is 0 Å². The number of hydrogen-bond donors (Lipinski definition) is 0. The topological polar surface area (TPSA) is 12.9 Å². The number of aryl methyl sites for hydroxylation is 1. The zero-order valence-electron chi connectivity index (χ0n) is 6.41. The number of hydrogen-bond acceptors (Lipinski definition) is 1. The first-order valence-corrected chi connectivity index (χ1v) is 4.39. The smallest absolute Gasteiger partial charge is 0.240 e. The van der Waals surface area contributed by atoms with Crippen LogP contribution in [-0.4, -0.2) is 4.98 Å². The molecule has 0 aliphatic rings. The van der Waals surface area contributed by atoms with E-state index in [2.05, 4.69) is 20.9 Å². The molecular formula is C7H4BrClF3N. The molecule has 1 rings (SSSR count). The Hall–Kier alpha value is -0.290. The number of pyridine rings is 1. The maximum atomic E-state index is 12.3. The first-order valence-electron chi connectivity index (χ1n) is 3.22. The van der Waals surface area contributed by atoms with E-state index in [0.717, 1.165) is 6.07 Å². The van der Waals surface area contributed by atoms with Crippen LogP contribution in [0.15, 0.2) is 10.5 Å². The van der Waals surface area contributed by atoms with Crippen LogP contribution in [0.4, 0.5) is 13.2 Å². The summed E-state index contributed by atoms with van der Waals surface area (Å²) in [4.78, 5) is 3.54. The van der Waals surface area contributed by atoms with Crippen molar-refractivity contribution in [2.45, 2.75) is 13.1 Å². The van der Waals surface area contributed by atoms with E-state index in [1.54, 1.807) is 0 Å². The van der Waals surface area contributed by atoms with Crippen LogP contribution in [0.25, 0.3) is 0 Å². The molecule has 13 heavy (non-hydrogen) atoms. The number of alkyl halides is 3. The van der Waals surface area contributed by atoms with Crippen LogP contribution in [0.5, 0.6) is 0 Å². The van der Waals surface area contributed by atoms with Crippen molar-refractivity contribution in [2.75, 3.05) is 0 Å². The molecule has 1 heterocycles. The first-order chi connectivity index (χ1) is 5.82. The Balaban J connectivity index is 3.32. The molecule has 6 heteroatoms. The lowest BCUT2D eigenvalue weighted by atomic mass is 10.2. The summed E-state index contributed by atoms with van der Waals surface area (Å²) in [6.45, 7) is 1.27. The average Bonchev–Trinajstić information content (AvgIpc) is 1.94. The normalized spacial score (nSPS) is 11.8. The van der Waals surface area contributed by atoms with Crippen LogP contribution in [0.1, 0.15) is 11.3 Å². The van der Waals surface area contributed by atoms with E-state index in [1.807, 2.05) is 0 Å². The number of nitrogens with zero attached hydrogens (tertiary/aromatic N) is 1. The Morgan fingerprint density at radius 2 is 2.00 bits per heavy atom. The third kappa shape index (κ3) is 2.34. The van der Waals surface area contributed by atoms with Crippen molar-refractivity contribution in [1.29, 1.82) is 0 Å². The zero-order chi connectivity index (χ0) is 10.2. The number of halogens is 5. The van der Waals surface area contributed by atoms with Gasteiger partial charge in [-0.05, 0) is 28.9 Å². The predicted octanol–water partition coefficient (Wildman–Crippen LogP) is 3.82. The second kappa shape index (κ2) is 3.46. The van der Waals surface area contributed by atoms with Crippen molar-refractivity contribution in [3.8, 4) is 0 Å². The van der Waals surface area contributed by atoms with E-state index < -0.39 is 11.7 Å². The summed E-state index contributed by atoms with van der Waals surface area (Å²) >= 11 is 8.39. The lowest BCUT2D eigenvalue weighted by Crippen LogP contribution is -2.08. The Labute approximate surface area is 86.0 Å². The standard InChI is InChI=1S/C7H4BrClF3N/c1-3-4(7(10,11)12)2-5(8)6(9)13-3/h2H,1H3. The number of rotatable bonds is 0. The summed E-state index contributed by atoms with van der Waals surface area (Å²) in [6, 6.07) is 0.921. The minimum Gasteiger partial charge on any atom is -0.240 e. The fourth-order valence-electron chi connectivity index (χ4n) is 0.839. The largest absolute Gasteiger partial charge is 0.418 e. The Bertz CT molecular complexity index is 337. The summed E-state index contributed by atoms with van der Waals surface area (Å²) in [6.07, 6.45) is -4.38. The maximum Gasteiger partial charge on any atom is 0.418 e. The molecule has 72 valence electrons. The molecule has 0 saturated heterocycles. The molecule has 0 aliphatic heterocycles. The average molecular weight is 274 g/mol. The van der Waals surface area contributed by atoms with Gasteiger partial charge < -0.3 is 0 Å². The molecule has 1 nitrogen and oxygen atoms in total. The van der Waals surface area contributed by atoms with Gasteiger partial charge in [0.05, 0.1) is 15.7 Å². The second-order valence-electron chi connectivity index (χ2n) is 2.39. The lowest BCUT2D eigenvalue weighted by Gasteiger charge is -2.10. The van der Waals surface area contributed by atoms with Crippen molar-refractivity contribution < 1.29 is 13.2 Å². The van der Waals surface area contributed by atoms with Gasteiger partial charge in [-0.2, -0.15) is 13.2 Å². The highest BCUT2D eigenvalue weighted by Gasteiger charge is 2.33. The van der Waals surface area contributed by atoms with Crippen molar-refractivity contribution in [3.05, 3.63) is 26.9 Å². The van der Waals surface area contributed by atoms with E-state index in [9.17, 15) is 13.2 Å². The molecule has 0 radical (unpaired) electrons. The molecule has 1 aromatic rings. The van der Waals surface area contributed by atoms with Gasteiger partial charge in [0, 0.05) is 0 Å². The van der Waals surface area contributed by atoms with Gasteiger partial charge in [-0.3, -0.25) is 0 Å². The van der Waals surface area contributed by atoms with Crippen molar-refractivity contribution in [2.24, 2.45) is 0 Å². The molecule has 0 N–H and O–H groups in total. The molecule has 0 bridgehead atoms. The van der Waals surface area contributed by atoms with Crippen molar-refractivity contribution >= 4 is 27.5 Å². The molecule has 1 aromatic heterocycles. The van der Waals surface area contributed by atoms with Gasteiger partial charge in [0.1, 0.15) is 5.15 Å². The monoisotopic (exact) mass is 273 g/mol. The van der Waals surface area contributed by atoms with Crippen molar-refractivity contribution in [3.63, 3.8) is 0 Å². The van der Waals surface area contributed by atoms with Crippen LogP contribution in [0.3, 0.4) is 0 Å². The summed E-state index contributed by atoms with van der Waals surface area (Å²) < 4.78 is 36.9. The number of aromatic nitrogens is 1. The lowest BCUT2D eigenvalue weighted by molar-refractivity contribution is -0.138. The van der Waals surface area contributed by atoms with E-state index in [4.69, 9.17) is 11.6 Å². The molecule has 0 aliphatic carbocycles. The van der Waals surface area contributed by atoms with Crippen LogP contribution >= 0.6 is 27.5 Å². The van der Waals surface area contributed by atoms with E-state index in [1.165, 1.54) is 6.92 Å². The fraction of sp³-hybridized carbons (Fsp3) is 0.286. The molecule has 0 fully saturated rings. The van der Waals surface area contributed by atoms with E-state index >= 15 is 0 Å². The minimum absolute atomic E-state index is 0.0329. The summed E-state index contributed by atoms with van der Waals surface area (Å²) in [7, 11) is 0. The van der Waals surface area contributed by atoms with Crippen LogP contribution in [-0.2, 0) is 6.18 Å². The van der Waals surface area contributed by atoms with Gasteiger partial charge >= 0.3 is 6.18 Å². The molecule has 0 aromatic carbocycles. The maximum absolute atomic E-state index is 12.3. The summed E-state index contributed by atoms with van der Waals surface area (Å²) in [5, 5.41) is 0.0329. The summed E-state index contributed by atoms with van der Waals surface area (Å²) in [5.41, 5.74) is -0.899. The molecule has 0 amide bonds. The van der Waals surface area contributed by atoms with Gasteiger partial charge in [-0.1, -0.05) is 11.6 Å². The highest BCUT2D eigenvalue weighted by Crippen LogP contribution is 2.34. The van der Waals surface area contributed by atoms with E-state index in [-0.39, 0.29) is 15.3 Å². The minimum atomic E-state index is -4.38. The highest BCUT2D eigenvalue weighted by molar-refractivity contribution is 9.10. The van der Waals surface area contributed by atoms with Crippen LogP contribution in [0.2, 0.25) is 5.15 Å². The quantitative estimate of drug-likeness (QED) is 0.655. The van der Waals surface area contributed by atoms with Gasteiger partial charge in [0.15, 0.2) is 0 Å². The molecule has 0 spiro atoms. The third-order valence-corrected chi connectivity index (χ3v) is 2.55. The Kier molecular flexibility index (Phi) is 2.87. The third-order valence-electron chi connectivity index (χ3n) is 1.43. The fourth-order valence-corrected chi connectivity index (χ4v) is 1.34.